The van der Waals surface area contributed by atoms with E-state index in [9.17, 15) is 14.7 Å². The third-order valence-corrected chi connectivity index (χ3v) is 7.80. The molecule has 0 aromatic heterocycles. The maximum absolute atomic E-state index is 13.9. The second kappa shape index (κ2) is 12.3. The van der Waals surface area contributed by atoms with E-state index in [0.29, 0.717) is 48.5 Å². The molecule has 41 heavy (non-hydrogen) atoms. The predicted octanol–water partition coefficient (Wildman–Crippen LogP) is 5.80. The highest BCUT2D eigenvalue weighted by molar-refractivity contribution is 6.01. The average Bonchev–Trinajstić information content (AvgIpc) is 2.98. The fraction of sp³-hybridized carbons (Fsp3) is 0.294. The fourth-order valence-corrected chi connectivity index (χ4v) is 5.80. The number of carbonyl (C=O) groups excluding carboxylic acids is 2. The van der Waals surface area contributed by atoms with Crippen LogP contribution in [0, 0.1) is 5.92 Å². The summed E-state index contributed by atoms with van der Waals surface area (Å²) >= 11 is 0. The zero-order valence-electron chi connectivity index (χ0n) is 23.4. The van der Waals surface area contributed by atoms with Gasteiger partial charge in [0.2, 0.25) is 0 Å². The SMILES string of the molecule is C=C1NC2=C(C(=O)CC(c3ccc(OC)cc3)C2)C(c2ccc(O)c(OCC)c2)C1C(=O)OCCc1ccccc1. The summed E-state index contributed by atoms with van der Waals surface area (Å²) in [6, 6.07) is 22.6. The third-order valence-electron chi connectivity index (χ3n) is 7.80. The van der Waals surface area contributed by atoms with Gasteiger partial charge in [0.25, 0.3) is 0 Å². The smallest absolute Gasteiger partial charge is 0.315 e. The Labute approximate surface area is 240 Å². The fourth-order valence-electron chi connectivity index (χ4n) is 5.80. The predicted molar refractivity (Wildman–Crippen MR) is 156 cm³/mol. The summed E-state index contributed by atoms with van der Waals surface area (Å²) in [5, 5.41) is 13.7. The first-order valence-corrected chi connectivity index (χ1v) is 13.9. The highest BCUT2D eigenvalue weighted by Crippen LogP contribution is 2.48. The topological polar surface area (TPSA) is 94.1 Å². The molecular weight excluding hydrogens is 518 g/mol. The summed E-state index contributed by atoms with van der Waals surface area (Å²) in [7, 11) is 1.62. The van der Waals surface area contributed by atoms with E-state index in [1.165, 1.54) is 6.07 Å². The van der Waals surface area contributed by atoms with Crippen molar-refractivity contribution < 1.29 is 28.9 Å². The van der Waals surface area contributed by atoms with Crippen LogP contribution >= 0.6 is 0 Å². The number of rotatable bonds is 9. The molecule has 3 unspecified atom stereocenters. The number of hydrogen-bond acceptors (Lipinski definition) is 7. The van der Waals surface area contributed by atoms with Crippen molar-refractivity contribution in [3.05, 3.63) is 113 Å². The number of benzene rings is 3. The molecular formula is C34H35NO6. The number of ketones is 1. The van der Waals surface area contributed by atoms with Crippen molar-refractivity contribution >= 4 is 11.8 Å². The molecule has 0 saturated carbocycles. The van der Waals surface area contributed by atoms with Gasteiger partial charge in [0.05, 0.1) is 20.3 Å². The zero-order valence-corrected chi connectivity index (χ0v) is 23.4. The Morgan fingerprint density at radius 2 is 1.76 bits per heavy atom. The van der Waals surface area contributed by atoms with Crippen molar-refractivity contribution in [1.82, 2.24) is 5.32 Å². The Bertz CT molecular complexity index is 1460. The summed E-state index contributed by atoms with van der Waals surface area (Å²) in [5.41, 5.74) is 4.59. The van der Waals surface area contributed by atoms with E-state index in [1.807, 2.05) is 61.5 Å². The van der Waals surface area contributed by atoms with Crippen LogP contribution < -0.4 is 14.8 Å². The highest BCUT2D eigenvalue weighted by atomic mass is 16.5. The molecule has 0 spiro atoms. The first-order chi connectivity index (χ1) is 19.9. The molecule has 212 valence electrons. The molecule has 2 N–H and O–H groups in total. The minimum Gasteiger partial charge on any atom is -0.504 e. The van der Waals surface area contributed by atoms with Crippen LogP contribution in [0.5, 0.6) is 17.2 Å². The van der Waals surface area contributed by atoms with Gasteiger partial charge in [-0.05, 0) is 60.2 Å². The van der Waals surface area contributed by atoms with E-state index in [1.54, 1.807) is 19.2 Å². The Kier molecular flexibility index (Phi) is 8.43. The number of nitrogens with one attached hydrogen (secondary N) is 1. The maximum Gasteiger partial charge on any atom is 0.315 e. The number of hydrogen-bond donors (Lipinski definition) is 2. The van der Waals surface area contributed by atoms with E-state index in [-0.39, 0.29) is 24.1 Å². The van der Waals surface area contributed by atoms with Crippen LogP contribution in [0.4, 0.5) is 0 Å². The van der Waals surface area contributed by atoms with Crippen LogP contribution in [0.2, 0.25) is 0 Å². The van der Waals surface area contributed by atoms with Crippen LogP contribution in [-0.4, -0.2) is 37.2 Å². The molecule has 0 bridgehead atoms. The number of methoxy groups -OCH3 is 1. The molecule has 3 aromatic rings. The Morgan fingerprint density at radius 1 is 1.02 bits per heavy atom. The van der Waals surface area contributed by atoms with Crippen LogP contribution in [0.15, 0.2) is 96.3 Å². The minimum atomic E-state index is -0.829. The molecule has 7 nitrogen and oxygen atoms in total. The number of Topliss-reactive ketones (excluding diaryl/α,β-unsaturated/α-hetero) is 1. The molecule has 1 aliphatic heterocycles. The average molecular weight is 554 g/mol. The number of esters is 1. The summed E-state index contributed by atoms with van der Waals surface area (Å²) in [5.74, 6) is -0.929. The summed E-state index contributed by atoms with van der Waals surface area (Å²) in [4.78, 5) is 27.5. The Hall–Kier alpha value is -4.52. The van der Waals surface area contributed by atoms with E-state index < -0.39 is 17.8 Å². The maximum atomic E-state index is 13.9. The lowest BCUT2D eigenvalue weighted by Gasteiger charge is -2.40. The molecule has 0 fully saturated rings. The molecule has 3 atom stereocenters. The number of ether oxygens (including phenoxy) is 3. The number of aromatic hydroxyl groups is 1. The minimum absolute atomic E-state index is 0.00547. The van der Waals surface area contributed by atoms with Crippen molar-refractivity contribution in [2.45, 2.75) is 38.0 Å². The summed E-state index contributed by atoms with van der Waals surface area (Å²) in [6.07, 6.45) is 1.48. The third kappa shape index (κ3) is 5.99. The van der Waals surface area contributed by atoms with Gasteiger partial charge in [-0.25, -0.2) is 0 Å². The van der Waals surface area contributed by atoms with Crippen LogP contribution in [0.25, 0.3) is 0 Å². The van der Waals surface area contributed by atoms with E-state index in [2.05, 4.69) is 11.9 Å². The van der Waals surface area contributed by atoms with Crippen LogP contribution in [-0.2, 0) is 20.7 Å². The van der Waals surface area contributed by atoms with Gasteiger partial charge in [-0.15, -0.1) is 0 Å². The van der Waals surface area contributed by atoms with Gasteiger partial charge in [-0.1, -0.05) is 55.1 Å². The van der Waals surface area contributed by atoms with E-state index in [4.69, 9.17) is 14.2 Å². The van der Waals surface area contributed by atoms with Gasteiger partial charge < -0.3 is 24.6 Å². The Morgan fingerprint density at radius 3 is 2.46 bits per heavy atom. The second-order valence-electron chi connectivity index (χ2n) is 10.4. The standard InChI is InChI=1S/C34H35NO6/c1-4-40-30-20-24(12-15-28(30)36)32-31(34(38)41-17-16-22-8-6-5-7-9-22)21(2)35-27-18-25(19-29(37)33(27)32)23-10-13-26(39-3)14-11-23/h5-15,20,25,31-32,35-36H,2,4,16-19H2,1,3H3. The van der Waals surface area contributed by atoms with Gasteiger partial charge in [-0.3, -0.25) is 9.59 Å². The molecule has 1 aliphatic carbocycles. The molecule has 7 heteroatoms. The van der Waals surface area contributed by atoms with Gasteiger partial charge in [0, 0.05) is 35.7 Å². The molecule has 0 amide bonds. The molecule has 3 aromatic carbocycles. The highest BCUT2D eigenvalue weighted by Gasteiger charge is 2.45. The number of phenolic OH excluding ortho intramolecular Hbond substituents is 1. The first kappa shape index (κ1) is 28.0. The Balaban J connectivity index is 1.49. The molecule has 0 radical (unpaired) electrons. The first-order valence-electron chi connectivity index (χ1n) is 13.9. The normalized spacial score (nSPS) is 20.2. The van der Waals surface area contributed by atoms with Gasteiger partial charge in [0.1, 0.15) is 11.7 Å². The van der Waals surface area contributed by atoms with Gasteiger partial charge in [0.15, 0.2) is 17.3 Å². The van der Waals surface area contributed by atoms with Crippen molar-refractivity contribution in [2.24, 2.45) is 5.92 Å². The summed E-state index contributed by atoms with van der Waals surface area (Å²) < 4.78 is 16.7. The monoisotopic (exact) mass is 553 g/mol. The lowest BCUT2D eigenvalue weighted by atomic mass is 9.69. The second-order valence-corrected chi connectivity index (χ2v) is 10.4. The van der Waals surface area contributed by atoms with Crippen molar-refractivity contribution in [3.8, 4) is 17.2 Å². The van der Waals surface area contributed by atoms with Gasteiger partial charge in [-0.2, -0.15) is 0 Å². The van der Waals surface area contributed by atoms with Crippen molar-refractivity contribution in [1.29, 1.82) is 0 Å². The van der Waals surface area contributed by atoms with Gasteiger partial charge >= 0.3 is 5.97 Å². The largest absolute Gasteiger partial charge is 0.504 e. The number of phenols is 1. The van der Waals surface area contributed by atoms with Crippen molar-refractivity contribution in [2.75, 3.05) is 20.3 Å². The zero-order chi connectivity index (χ0) is 28.9. The molecule has 0 saturated heterocycles. The molecule has 2 aliphatic rings. The lowest BCUT2D eigenvalue weighted by Crippen LogP contribution is -2.42. The van der Waals surface area contributed by atoms with Crippen LogP contribution in [0.3, 0.4) is 0 Å². The summed E-state index contributed by atoms with van der Waals surface area (Å²) in [6.45, 7) is 6.61. The van der Waals surface area contributed by atoms with E-state index in [0.717, 1.165) is 22.6 Å². The quantitative estimate of drug-likeness (QED) is 0.323. The van der Waals surface area contributed by atoms with Crippen LogP contribution in [0.1, 0.15) is 48.3 Å². The lowest BCUT2D eigenvalue weighted by molar-refractivity contribution is -0.147. The molecule has 5 rings (SSSR count). The number of allylic oxidation sites excluding steroid dienone is 2. The van der Waals surface area contributed by atoms with E-state index >= 15 is 0 Å². The van der Waals surface area contributed by atoms with Crippen molar-refractivity contribution in [3.63, 3.8) is 0 Å². The molecule has 1 heterocycles. The number of carbonyl (C=O) groups is 2.